The lowest BCUT2D eigenvalue weighted by atomic mass is 9.83. The van der Waals surface area contributed by atoms with Crippen LogP contribution in [0.3, 0.4) is 0 Å². The Morgan fingerprint density at radius 2 is 1.71 bits per heavy atom. The predicted octanol–water partition coefficient (Wildman–Crippen LogP) is 2.04. The first-order chi connectivity index (χ1) is 9.92. The average Bonchev–Trinajstić information content (AvgIpc) is 2.93. The van der Waals surface area contributed by atoms with Gasteiger partial charge in [0, 0.05) is 12.0 Å². The Bertz CT molecular complexity index is 357. The van der Waals surface area contributed by atoms with Crippen LogP contribution >= 0.6 is 0 Å². The van der Waals surface area contributed by atoms with Gasteiger partial charge in [-0.05, 0) is 31.6 Å². The minimum atomic E-state index is -0.870. The molecule has 0 radical (unpaired) electrons. The number of amides is 1. The van der Waals surface area contributed by atoms with E-state index in [0.717, 1.165) is 19.3 Å². The van der Waals surface area contributed by atoms with Crippen LogP contribution in [0.15, 0.2) is 0 Å². The van der Waals surface area contributed by atoms with Crippen molar-refractivity contribution >= 4 is 11.9 Å². The van der Waals surface area contributed by atoms with E-state index in [4.69, 9.17) is 0 Å². The Balaban J connectivity index is 2.67. The third kappa shape index (κ3) is 4.19. The standard InChI is InChI=1S/C16H29NO4/c1-4-11-7-12(13(8-11)15(20)21)14(19)17-9-16(5-2,6-3)10-18/h11-13,18H,4-10H2,1-3H3,(H,17,19)(H,20,21). The monoisotopic (exact) mass is 299 g/mol. The molecular weight excluding hydrogens is 270 g/mol. The Labute approximate surface area is 127 Å². The van der Waals surface area contributed by atoms with Gasteiger partial charge in [-0.25, -0.2) is 0 Å². The summed E-state index contributed by atoms with van der Waals surface area (Å²) in [6, 6.07) is 0. The first kappa shape index (κ1) is 18.0. The van der Waals surface area contributed by atoms with Gasteiger partial charge in [-0.15, -0.1) is 0 Å². The van der Waals surface area contributed by atoms with Crippen molar-refractivity contribution in [2.75, 3.05) is 13.2 Å². The Hall–Kier alpha value is -1.10. The van der Waals surface area contributed by atoms with Crippen LogP contribution in [0.4, 0.5) is 0 Å². The van der Waals surface area contributed by atoms with E-state index >= 15 is 0 Å². The molecule has 1 aliphatic rings. The maximum atomic E-state index is 12.4. The lowest BCUT2D eigenvalue weighted by Gasteiger charge is -2.30. The zero-order valence-electron chi connectivity index (χ0n) is 13.4. The number of aliphatic carboxylic acids is 1. The summed E-state index contributed by atoms with van der Waals surface area (Å²) < 4.78 is 0. The highest BCUT2D eigenvalue weighted by Crippen LogP contribution is 2.38. The van der Waals surface area contributed by atoms with Crippen LogP contribution < -0.4 is 5.32 Å². The fourth-order valence-corrected chi connectivity index (χ4v) is 3.22. The van der Waals surface area contributed by atoms with Gasteiger partial charge in [0.05, 0.1) is 18.4 Å². The Morgan fingerprint density at radius 1 is 1.14 bits per heavy atom. The highest BCUT2D eigenvalue weighted by molar-refractivity contribution is 5.85. The molecule has 122 valence electrons. The fourth-order valence-electron chi connectivity index (χ4n) is 3.22. The second-order valence-electron chi connectivity index (χ2n) is 6.38. The Morgan fingerprint density at radius 3 is 2.14 bits per heavy atom. The third-order valence-corrected chi connectivity index (χ3v) is 5.36. The fraction of sp³-hybridized carbons (Fsp3) is 0.875. The summed E-state index contributed by atoms with van der Waals surface area (Å²) in [6.45, 7) is 6.47. The van der Waals surface area contributed by atoms with Gasteiger partial charge in [-0.1, -0.05) is 27.2 Å². The summed E-state index contributed by atoms with van der Waals surface area (Å²) >= 11 is 0. The van der Waals surface area contributed by atoms with E-state index in [-0.39, 0.29) is 17.9 Å². The highest BCUT2D eigenvalue weighted by atomic mass is 16.4. The molecule has 1 rings (SSSR count). The number of nitrogens with one attached hydrogen (secondary N) is 1. The molecule has 3 atom stereocenters. The quantitative estimate of drug-likeness (QED) is 0.640. The number of aliphatic hydroxyl groups is 1. The van der Waals surface area contributed by atoms with E-state index in [0.29, 0.717) is 25.3 Å². The van der Waals surface area contributed by atoms with Gasteiger partial charge < -0.3 is 15.5 Å². The molecule has 0 bridgehead atoms. The SMILES string of the molecule is CCC1CC(C(=O)O)C(C(=O)NCC(CC)(CC)CO)C1. The predicted molar refractivity (Wildman–Crippen MR) is 80.7 cm³/mol. The van der Waals surface area contributed by atoms with E-state index in [9.17, 15) is 19.8 Å². The number of carboxylic acid groups (broad SMARTS) is 1. The molecule has 3 N–H and O–H groups in total. The van der Waals surface area contributed by atoms with Crippen molar-refractivity contribution in [2.45, 2.75) is 52.9 Å². The van der Waals surface area contributed by atoms with Crippen molar-refractivity contribution in [3.63, 3.8) is 0 Å². The minimum absolute atomic E-state index is 0.0326. The smallest absolute Gasteiger partial charge is 0.307 e. The molecule has 0 aliphatic heterocycles. The van der Waals surface area contributed by atoms with Crippen molar-refractivity contribution in [3.05, 3.63) is 0 Å². The summed E-state index contributed by atoms with van der Waals surface area (Å²) in [6.07, 6.45) is 3.73. The lowest BCUT2D eigenvalue weighted by Crippen LogP contribution is -2.43. The number of hydrogen-bond donors (Lipinski definition) is 3. The number of aliphatic hydroxyl groups excluding tert-OH is 1. The van der Waals surface area contributed by atoms with E-state index in [1.807, 2.05) is 20.8 Å². The van der Waals surface area contributed by atoms with Gasteiger partial charge in [0.2, 0.25) is 5.91 Å². The summed E-state index contributed by atoms with van der Waals surface area (Å²) in [4.78, 5) is 23.7. The van der Waals surface area contributed by atoms with Gasteiger partial charge in [0.1, 0.15) is 0 Å². The molecule has 1 aliphatic carbocycles. The summed E-state index contributed by atoms with van der Waals surface area (Å²) in [7, 11) is 0. The van der Waals surface area contributed by atoms with E-state index < -0.39 is 17.8 Å². The Kier molecular flexibility index (Phi) is 6.65. The summed E-state index contributed by atoms with van der Waals surface area (Å²) in [5, 5.41) is 21.7. The normalized spacial score (nSPS) is 25.8. The summed E-state index contributed by atoms with van der Waals surface area (Å²) in [5.74, 6) is -1.72. The average molecular weight is 299 g/mol. The van der Waals surface area contributed by atoms with Crippen molar-refractivity contribution in [1.29, 1.82) is 0 Å². The van der Waals surface area contributed by atoms with Crippen molar-refractivity contribution in [1.82, 2.24) is 5.32 Å². The van der Waals surface area contributed by atoms with E-state index in [1.54, 1.807) is 0 Å². The number of carbonyl (C=O) groups excluding carboxylic acids is 1. The largest absolute Gasteiger partial charge is 0.481 e. The maximum Gasteiger partial charge on any atom is 0.307 e. The minimum Gasteiger partial charge on any atom is -0.481 e. The van der Waals surface area contributed by atoms with Crippen molar-refractivity contribution in [2.24, 2.45) is 23.2 Å². The molecule has 1 fully saturated rings. The summed E-state index contributed by atoms with van der Waals surface area (Å²) in [5.41, 5.74) is -0.295. The van der Waals surface area contributed by atoms with Crippen molar-refractivity contribution < 1.29 is 19.8 Å². The molecule has 21 heavy (non-hydrogen) atoms. The first-order valence-corrected chi connectivity index (χ1v) is 8.04. The number of carboxylic acids is 1. The van der Waals surface area contributed by atoms with Crippen LogP contribution in [0.1, 0.15) is 52.9 Å². The second kappa shape index (κ2) is 7.78. The van der Waals surface area contributed by atoms with E-state index in [1.165, 1.54) is 0 Å². The third-order valence-electron chi connectivity index (χ3n) is 5.36. The van der Waals surface area contributed by atoms with Crippen LogP contribution in [-0.2, 0) is 9.59 Å². The molecule has 0 aromatic heterocycles. The first-order valence-electron chi connectivity index (χ1n) is 8.04. The van der Waals surface area contributed by atoms with Gasteiger partial charge in [0.25, 0.3) is 0 Å². The molecule has 0 saturated heterocycles. The van der Waals surface area contributed by atoms with Crippen molar-refractivity contribution in [3.8, 4) is 0 Å². The van der Waals surface area contributed by atoms with Crippen LogP contribution in [-0.4, -0.2) is 35.2 Å². The number of hydrogen-bond acceptors (Lipinski definition) is 3. The van der Waals surface area contributed by atoms with Gasteiger partial charge in [-0.3, -0.25) is 9.59 Å². The van der Waals surface area contributed by atoms with E-state index in [2.05, 4.69) is 5.32 Å². The molecule has 0 spiro atoms. The van der Waals surface area contributed by atoms with Gasteiger partial charge in [-0.2, -0.15) is 0 Å². The molecule has 0 aromatic carbocycles. The van der Waals surface area contributed by atoms with Crippen LogP contribution in [0.5, 0.6) is 0 Å². The van der Waals surface area contributed by atoms with Gasteiger partial charge in [0.15, 0.2) is 0 Å². The highest BCUT2D eigenvalue weighted by Gasteiger charge is 2.42. The molecule has 3 unspecified atom stereocenters. The lowest BCUT2D eigenvalue weighted by molar-refractivity contribution is -0.146. The molecule has 0 aromatic rings. The van der Waals surface area contributed by atoms with Gasteiger partial charge >= 0.3 is 5.97 Å². The molecule has 0 heterocycles. The van der Waals surface area contributed by atoms with Crippen LogP contribution in [0.25, 0.3) is 0 Å². The zero-order chi connectivity index (χ0) is 16.0. The zero-order valence-corrected chi connectivity index (χ0v) is 13.4. The van der Waals surface area contributed by atoms with Crippen LogP contribution in [0, 0.1) is 23.2 Å². The molecule has 5 nitrogen and oxygen atoms in total. The maximum absolute atomic E-state index is 12.4. The molecule has 1 amide bonds. The number of rotatable bonds is 8. The molecule has 1 saturated carbocycles. The number of carbonyl (C=O) groups is 2. The molecular formula is C16H29NO4. The van der Waals surface area contributed by atoms with Crippen LogP contribution in [0.2, 0.25) is 0 Å². The second-order valence-corrected chi connectivity index (χ2v) is 6.38. The molecule has 5 heteroatoms. The topological polar surface area (TPSA) is 86.6 Å².